The minimum atomic E-state index is -0.833. The zero-order chi connectivity index (χ0) is 13.1. The number of hydrogen-bond donors (Lipinski definition) is 3. The Kier molecular flexibility index (Phi) is 11.3. The summed E-state index contributed by atoms with van der Waals surface area (Å²) in [6, 6.07) is 0. The molecule has 0 bridgehead atoms. The molecule has 0 aromatic heterocycles. The van der Waals surface area contributed by atoms with E-state index < -0.39 is 11.9 Å². The first-order valence-corrected chi connectivity index (χ1v) is 5.44. The van der Waals surface area contributed by atoms with Gasteiger partial charge in [0.2, 0.25) is 0 Å². The van der Waals surface area contributed by atoms with E-state index >= 15 is 0 Å². The molecule has 2 atom stereocenters. The van der Waals surface area contributed by atoms with E-state index in [2.05, 4.69) is 13.8 Å². The molecule has 4 N–H and O–H groups in total. The molecule has 96 valence electrons. The van der Waals surface area contributed by atoms with Crippen LogP contribution in [-0.2, 0) is 9.59 Å². The summed E-state index contributed by atoms with van der Waals surface area (Å²) in [5.41, 5.74) is 5.46. The summed E-state index contributed by atoms with van der Waals surface area (Å²) in [5, 5.41) is 16.0. The smallest absolute Gasteiger partial charge is 0.303 e. The summed E-state index contributed by atoms with van der Waals surface area (Å²) in [5.74, 6) is -0.843. The lowest BCUT2D eigenvalue weighted by Crippen LogP contribution is -2.20. The van der Waals surface area contributed by atoms with Gasteiger partial charge in [-0.15, -0.1) is 0 Å². The number of carboxylic acid groups (broad SMARTS) is 2. The van der Waals surface area contributed by atoms with Crippen LogP contribution < -0.4 is 5.73 Å². The van der Waals surface area contributed by atoms with E-state index in [4.69, 9.17) is 20.7 Å². The first-order valence-electron chi connectivity index (χ1n) is 5.44. The molecular formula is C11H23NO4. The first kappa shape index (κ1) is 17.3. The third kappa shape index (κ3) is 15.4. The van der Waals surface area contributed by atoms with Crippen LogP contribution >= 0.6 is 0 Å². The highest BCUT2D eigenvalue weighted by molar-refractivity contribution is 5.67. The van der Waals surface area contributed by atoms with Crippen molar-refractivity contribution < 1.29 is 19.8 Å². The summed E-state index contributed by atoms with van der Waals surface area (Å²) >= 11 is 0. The molecule has 0 saturated heterocycles. The number of nitrogens with two attached hydrogens (primary N) is 1. The van der Waals surface area contributed by atoms with Gasteiger partial charge in [0.15, 0.2) is 0 Å². The molecule has 0 radical (unpaired) electrons. The highest BCUT2D eigenvalue weighted by Gasteiger charge is 2.13. The number of rotatable bonds is 6. The summed E-state index contributed by atoms with van der Waals surface area (Å²) in [6.45, 7) is 5.81. The van der Waals surface area contributed by atoms with Crippen molar-refractivity contribution in [2.75, 3.05) is 6.54 Å². The standard InChI is InChI=1S/C9H19NO2.C2H4O2/c1-3-7(2)4-8(6-10)5-9(11)12;1-2(3)4/h7-8H,3-6,10H2,1-2H3,(H,11,12);1H3,(H,3,4). The van der Waals surface area contributed by atoms with Gasteiger partial charge in [-0.2, -0.15) is 0 Å². The molecule has 2 unspecified atom stereocenters. The monoisotopic (exact) mass is 233 g/mol. The van der Waals surface area contributed by atoms with Crippen molar-refractivity contribution >= 4 is 11.9 Å². The minimum Gasteiger partial charge on any atom is -0.481 e. The van der Waals surface area contributed by atoms with Crippen LogP contribution in [0.1, 0.15) is 40.0 Å². The lowest BCUT2D eigenvalue weighted by molar-refractivity contribution is -0.138. The maximum absolute atomic E-state index is 10.4. The van der Waals surface area contributed by atoms with E-state index in [9.17, 15) is 4.79 Å². The molecule has 0 amide bonds. The zero-order valence-corrected chi connectivity index (χ0v) is 10.3. The molecule has 0 fully saturated rings. The van der Waals surface area contributed by atoms with Crippen LogP contribution in [0.2, 0.25) is 0 Å². The summed E-state index contributed by atoms with van der Waals surface area (Å²) < 4.78 is 0. The average Bonchev–Trinajstić information content (AvgIpc) is 2.14. The van der Waals surface area contributed by atoms with Crippen molar-refractivity contribution in [3.63, 3.8) is 0 Å². The Hall–Kier alpha value is -1.10. The molecule has 0 aliphatic carbocycles. The van der Waals surface area contributed by atoms with Crippen LogP contribution in [0.5, 0.6) is 0 Å². The molecule has 5 nitrogen and oxygen atoms in total. The van der Waals surface area contributed by atoms with Crippen LogP contribution in [0, 0.1) is 11.8 Å². The van der Waals surface area contributed by atoms with E-state index in [1.165, 1.54) is 0 Å². The second kappa shape index (κ2) is 10.4. The third-order valence-electron chi connectivity index (χ3n) is 2.23. The Morgan fingerprint density at radius 2 is 1.75 bits per heavy atom. The first-order chi connectivity index (χ1) is 7.33. The molecule has 0 heterocycles. The summed E-state index contributed by atoms with van der Waals surface area (Å²) in [6.07, 6.45) is 2.23. The predicted octanol–water partition coefficient (Wildman–Crippen LogP) is 1.56. The van der Waals surface area contributed by atoms with E-state index in [1.54, 1.807) is 0 Å². The second-order valence-electron chi connectivity index (χ2n) is 3.97. The predicted molar refractivity (Wildman–Crippen MR) is 62.2 cm³/mol. The van der Waals surface area contributed by atoms with Crippen molar-refractivity contribution in [1.82, 2.24) is 0 Å². The molecule has 5 heteroatoms. The molecule has 0 saturated carbocycles. The van der Waals surface area contributed by atoms with E-state index in [-0.39, 0.29) is 12.3 Å². The lowest BCUT2D eigenvalue weighted by atomic mass is 9.92. The van der Waals surface area contributed by atoms with Gasteiger partial charge in [-0.05, 0) is 24.8 Å². The molecule has 0 aromatic carbocycles. The van der Waals surface area contributed by atoms with Crippen LogP contribution in [0.4, 0.5) is 0 Å². The SMILES string of the molecule is CC(=O)O.CCC(C)CC(CN)CC(=O)O. The fourth-order valence-electron chi connectivity index (χ4n) is 1.25. The van der Waals surface area contributed by atoms with E-state index in [1.807, 2.05) is 0 Å². The normalized spacial score (nSPS) is 13.2. The highest BCUT2D eigenvalue weighted by Crippen LogP contribution is 2.16. The molecular weight excluding hydrogens is 210 g/mol. The zero-order valence-electron chi connectivity index (χ0n) is 10.3. The van der Waals surface area contributed by atoms with Gasteiger partial charge in [-0.25, -0.2) is 0 Å². The van der Waals surface area contributed by atoms with Gasteiger partial charge in [0.25, 0.3) is 5.97 Å². The van der Waals surface area contributed by atoms with Crippen LogP contribution in [0.15, 0.2) is 0 Å². The van der Waals surface area contributed by atoms with E-state index in [0.717, 1.165) is 19.8 Å². The topological polar surface area (TPSA) is 101 Å². The van der Waals surface area contributed by atoms with Crippen LogP contribution in [0.3, 0.4) is 0 Å². The molecule has 0 aliphatic rings. The van der Waals surface area contributed by atoms with Gasteiger partial charge in [0.1, 0.15) is 0 Å². The summed E-state index contributed by atoms with van der Waals surface area (Å²) in [4.78, 5) is 19.4. The number of aliphatic carboxylic acids is 2. The Morgan fingerprint density at radius 1 is 1.31 bits per heavy atom. The largest absolute Gasteiger partial charge is 0.481 e. The van der Waals surface area contributed by atoms with Crippen molar-refractivity contribution in [3.8, 4) is 0 Å². The molecule has 0 rings (SSSR count). The maximum atomic E-state index is 10.4. The molecule has 0 aliphatic heterocycles. The van der Waals surface area contributed by atoms with Gasteiger partial charge in [0.05, 0.1) is 0 Å². The van der Waals surface area contributed by atoms with Gasteiger partial charge >= 0.3 is 5.97 Å². The van der Waals surface area contributed by atoms with Gasteiger partial charge in [0, 0.05) is 13.3 Å². The Labute approximate surface area is 96.6 Å². The Bertz CT molecular complexity index is 202. The molecule has 16 heavy (non-hydrogen) atoms. The second-order valence-corrected chi connectivity index (χ2v) is 3.97. The Morgan fingerprint density at radius 3 is 2.00 bits per heavy atom. The maximum Gasteiger partial charge on any atom is 0.303 e. The van der Waals surface area contributed by atoms with Crippen LogP contribution in [-0.4, -0.2) is 28.7 Å². The molecule has 0 aromatic rings. The fourth-order valence-corrected chi connectivity index (χ4v) is 1.25. The van der Waals surface area contributed by atoms with Crippen molar-refractivity contribution in [2.24, 2.45) is 17.6 Å². The minimum absolute atomic E-state index is 0.150. The van der Waals surface area contributed by atoms with Crippen molar-refractivity contribution in [1.29, 1.82) is 0 Å². The average molecular weight is 233 g/mol. The van der Waals surface area contributed by atoms with Crippen LogP contribution in [0.25, 0.3) is 0 Å². The number of carbonyl (C=O) groups is 2. The summed E-state index contributed by atoms with van der Waals surface area (Å²) in [7, 11) is 0. The van der Waals surface area contributed by atoms with Gasteiger partial charge in [-0.3, -0.25) is 9.59 Å². The molecule has 0 spiro atoms. The Balaban J connectivity index is 0. The van der Waals surface area contributed by atoms with Gasteiger partial charge in [-0.1, -0.05) is 20.3 Å². The quantitative estimate of drug-likeness (QED) is 0.646. The lowest BCUT2D eigenvalue weighted by Gasteiger charge is -2.16. The van der Waals surface area contributed by atoms with E-state index in [0.29, 0.717) is 12.5 Å². The highest BCUT2D eigenvalue weighted by atomic mass is 16.4. The van der Waals surface area contributed by atoms with Crippen molar-refractivity contribution in [3.05, 3.63) is 0 Å². The van der Waals surface area contributed by atoms with Crippen molar-refractivity contribution in [2.45, 2.75) is 40.0 Å². The van der Waals surface area contributed by atoms with Gasteiger partial charge < -0.3 is 15.9 Å². The third-order valence-corrected chi connectivity index (χ3v) is 2.23. The number of hydrogen-bond acceptors (Lipinski definition) is 3. The fraction of sp³-hybridized carbons (Fsp3) is 0.818. The number of carboxylic acids is 2.